The number of pyridine rings is 1. The molecular weight excluding hydrogens is 210 g/mol. The summed E-state index contributed by atoms with van der Waals surface area (Å²) in [6.45, 7) is 4.70. The number of anilines is 2. The number of aromatic nitrogens is 1. The van der Waals surface area contributed by atoms with E-state index in [-0.39, 0.29) is 0 Å². The van der Waals surface area contributed by atoms with Gasteiger partial charge in [-0.1, -0.05) is 13.8 Å². The molecule has 1 fully saturated rings. The Labute approximate surface area is 104 Å². The second-order valence-electron chi connectivity index (χ2n) is 6.02. The highest BCUT2D eigenvalue weighted by molar-refractivity contribution is 5.65. The van der Waals surface area contributed by atoms with Gasteiger partial charge in [0.15, 0.2) is 5.82 Å². The molecule has 1 saturated carbocycles. The van der Waals surface area contributed by atoms with E-state index in [0.29, 0.717) is 11.5 Å². The van der Waals surface area contributed by atoms with Crippen molar-refractivity contribution in [2.75, 3.05) is 24.3 Å². The lowest BCUT2D eigenvalue weighted by Gasteiger charge is -2.22. The molecule has 3 nitrogen and oxygen atoms in total. The van der Waals surface area contributed by atoms with E-state index in [1.54, 1.807) is 0 Å². The SMILES string of the molecule is CN(C)c1ncccc1NC1CCC(C)(C)C1. The number of hydrogen-bond donors (Lipinski definition) is 1. The lowest BCUT2D eigenvalue weighted by atomic mass is 9.92. The van der Waals surface area contributed by atoms with E-state index in [9.17, 15) is 0 Å². The van der Waals surface area contributed by atoms with Gasteiger partial charge in [0.05, 0.1) is 5.69 Å². The zero-order valence-corrected chi connectivity index (χ0v) is 11.3. The van der Waals surface area contributed by atoms with Gasteiger partial charge in [-0.25, -0.2) is 4.98 Å². The van der Waals surface area contributed by atoms with Gasteiger partial charge in [0.1, 0.15) is 0 Å². The average molecular weight is 233 g/mol. The Bertz CT molecular complexity index is 385. The summed E-state index contributed by atoms with van der Waals surface area (Å²) in [5.41, 5.74) is 1.64. The Hall–Kier alpha value is -1.25. The van der Waals surface area contributed by atoms with Crippen LogP contribution < -0.4 is 10.2 Å². The molecule has 1 aliphatic rings. The third-order valence-electron chi connectivity index (χ3n) is 3.54. The molecule has 0 aliphatic heterocycles. The van der Waals surface area contributed by atoms with Gasteiger partial charge >= 0.3 is 0 Å². The molecule has 3 heteroatoms. The van der Waals surface area contributed by atoms with E-state index in [2.05, 4.69) is 35.1 Å². The second kappa shape index (κ2) is 4.55. The quantitative estimate of drug-likeness (QED) is 0.869. The first-order chi connectivity index (χ1) is 7.98. The first-order valence-corrected chi connectivity index (χ1v) is 6.37. The minimum absolute atomic E-state index is 0.484. The van der Waals surface area contributed by atoms with E-state index < -0.39 is 0 Å². The maximum absolute atomic E-state index is 4.42. The molecule has 1 N–H and O–H groups in total. The third kappa shape index (κ3) is 2.90. The van der Waals surface area contributed by atoms with E-state index in [0.717, 1.165) is 11.5 Å². The molecule has 1 unspecified atom stereocenters. The maximum atomic E-state index is 4.42. The molecule has 0 saturated heterocycles. The Morgan fingerprint density at radius 3 is 2.76 bits per heavy atom. The van der Waals surface area contributed by atoms with Crippen LogP contribution in [-0.4, -0.2) is 25.1 Å². The highest BCUT2D eigenvalue weighted by Crippen LogP contribution is 2.38. The Morgan fingerprint density at radius 1 is 1.41 bits per heavy atom. The number of rotatable bonds is 3. The highest BCUT2D eigenvalue weighted by Gasteiger charge is 2.31. The predicted octanol–water partition coefficient (Wildman–Crippen LogP) is 3.14. The molecule has 0 radical (unpaired) electrons. The summed E-state index contributed by atoms with van der Waals surface area (Å²) < 4.78 is 0. The largest absolute Gasteiger partial charge is 0.379 e. The van der Waals surface area contributed by atoms with Crippen molar-refractivity contribution in [3.8, 4) is 0 Å². The summed E-state index contributed by atoms with van der Waals surface area (Å²) in [7, 11) is 4.07. The van der Waals surface area contributed by atoms with Crippen molar-refractivity contribution in [3.05, 3.63) is 18.3 Å². The van der Waals surface area contributed by atoms with Crippen LogP contribution in [0.1, 0.15) is 33.1 Å². The molecule has 1 heterocycles. The van der Waals surface area contributed by atoms with Crippen LogP contribution in [0, 0.1) is 5.41 Å². The molecule has 0 spiro atoms. The zero-order chi connectivity index (χ0) is 12.5. The summed E-state index contributed by atoms with van der Waals surface area (Å²) in [6.07, 6.45) is 5.66. The van der Waals surface area contributed by atoms with Gasteiger partial charge in [0.2, 0.25) is 0 Å². The molecule has 0 bridgehead atoms. The van der Waals surface area contributed by atoms with Crippen molar-refractivity contribution in [2.24, 2.45) is 5.41 Å². The molecule has 0 aromatic carbocycles. The molecule has 2 rings (SSSR count). The molecule has 1 aromatic heterocycles. The molecular formula is C14H23N3. The summed E-state index contributed by atoms with van der Waals surface area (Å²) >= 11 is 0. The molecule has 1 atom stereocenters. The fourth-order valence-corrected chi connectivity index (χ4v) is 2.65. The normalized spacial score (nSPS) is 22.5. The third-order valence-corrected chi connectivity index (χ3v) is 3.54. The fraction of sp³-hybridized carbons (Fsp3) is 0.643. The van der Waals surface area contributed by atoms with Crippen LogP contribution >= 0.6 is 0 Å². The smallest absolute Gasteiger partial charge is 0.151 e. The van der Waals surface area contributed by atoms with Crippen molar-refractivity contribution < 1.29 is 0 Å². The van der Waals surface area contributed by atoms with E-state index in [1.165, 1.54) is 19.3 Å². The van der Waals surface area contributed by atoms with Gasteiger partial charge in [0, 0.05) is 26.3 Å². The van der Waals surface area contributed by atoms with Crippen LogP contribution in [0.25, 0.3) is 0 Å². The first-order valence-electron chi connectivity index (χ1n) is 6.37. The number of nitrogens with zero attached hydrogens (tertiary/aromatic N) is 2. The topological polar surface area (TPSA) is 28.2 Å². The number of hydrogen-bond acceptors (Lipinski definition) is 3. The maximum Gasteiger partial charge on any atom is 0.151 e. The van der Waals surface area contributed by atoms with Gasteiger partial charge in [-0.05, 0) is 36.8 Å². The van der Waals surface area contributed by atoms with Crippen LogP contribution in [-0.2, 0) is 0 Å². The Kier molecular flexibility index (Phi) is 3.27. The second-order valence-corrected chi connectivity index (χ2v) is 6.02. The van der Waals surface area contributed by atoms with Gasteiger partial charge in [-0.3, -0.25) is 0 Å². The van der Waals surface area contributed by atoms with Crippen molar-refractivity contribution >= 4 is 11.5 Å². The zero-order valence-electron chi connectivity index (χ0n) is 11.3. The van der Waals surface area contributed by atoms with Crippen LogP contribution in [0.15, 0.2) is 18.3 Å². The fourth-order valence-electron chi connectivity index (χ4n) is 2.65. The molecule has 94 valence electrons. The summed E-state index contributed by atoms with van der Waals surface area (Å²) in [4.78, 5) is 6.48. The monoisotopic (exact) mass is 233 g/mol. The van der Waals surface area contributed by atoms with Gasteiger partial charge in [-0.2, -0.15) is 0 Å². The minimum Gasteiger partial charge on any atom is -0.379 e. The van der Waals surface area contributed by atoms with Gasteiger partial charge in [0.25, 0.3) is 0 Å². The standard InChI is InChI=1S/C14H23N3/c1-14(2)8-7-11(10-14)16-12-6-5-9-15-13(12)17(3)4/h5-6,9,11,16H,7-8,10H2,1-4H3. The van der Waals surface area contributed by atoms with Crippen LogP contribution in [0.5, 0.6) is 0 Å². The number of nitrogens with one attached hydrogen (secondary N) is 1. The van der Waals surface area contributed by atoms with Crippen molar-refractivity contribution in [1.82, 2.24) is 4.98 Å². The summed E-state index contributed by atoms with van der Waals surface area (Å²) in [5, 5.41) is 3.64. The molecule has 0 amide bonds. The van der Waals surface area contributed by atoms with Crippen LogP contribution in [0.3, 0.4) is 0 Å². The highest BCUT2D eigenvalue weighted by atomic mass is 15.2. The van der Waals surface area contributed by atoms with Crippen LogP contribution in [0.2, 0.25) is 0 Å². The summed E-state index contributed by atoms with van der Waals surface area (Å²) in [5.74, 6) is 1.03. The van der Waals surface area contributed by atoms with E-state index in [1.807, 2.05) is 26.4 Å². The predicted molar refractivity (Wildman–Crippen MR) is 73.6 cm³/mol. The van der Waals surface area contributed by atoms with Crippen molar-refractivity contribution in [1.29, 1.82) is 0 Å². The van der Waals surface area contributed by atoms with Crippen LogP contribution in [0.4, 0.5) is 11.5 Å². The Balaban J connectivity index is 2.09. The Morgan fingerprint density at radius 2 is 2.18 bits per heavy atom. The first kappa shape index (κ1) is 12.2. The van der Waals surface area contributed by atoms with E-state index in [4.69, 9.17) is 0 Å². The lowest BCUT2D eigenvalue weighted by Crippen LogP contribution is -2.20. The van der Waals surface area contributed by atoms with Gasteiger partial charge < -0.3 is 10.2 Å². The molecule has 1 aliphatic carbocycles. The average Bonchev–Trinajstić information content (AvgIpc) is 2.58. The lowest BCUT2D eigenvalue weighted by molar-refractivity contribution is 0.378. The van der Waals surface area contributed by atoms with E-state index >= 15 is 0 Å². The van der Waals surface area contributed by atoms with Crippen molar-refractivity contribution in [2.45, 2.75) is 39.2 Å². The van der Waals surface area contributed by atoms with Crippen molar-refractivity contribution in [3.63, 3.8) is 0 Å². The molecule has 17 heavy (non-hydrogen) atoms. The van der Waals surface area contributed by atoms with Gasteiger partial charge in [-0.15, -0.1) is 0 Å². The summed E-state index contributed by atoms with van der Waals surface area (Å²) in [6, 6.07) is 4.70. The minimum atomic E-state index is 0.484. The molecule has 1 aromatic rings.